The van der Waals surface area contributed by atoms with Gasteiger partial charge in [-0.1, -0.05) is 13.3 Å². The van der Waals surface area contributed by atoms with Crippen LogP contribution in [0.2, 0.25) is 0 Å². The summed E-state index contributed by atoms with van der Waals surface area (Å²) in [6.45, 7) is 7.29. The van der Waals surface area contributed by atoms with Crippen LogP contribution in [0.4, 0.5) is 15.8 Å². The van der Waals surface area contributed by atoms with Gasteiger partial charge in [-0.3, -0.25) is 9.89 Å². The second-order valence-electron chi connectivity index (χ2n) is 6.81. The van der Waals surface area contributed by atoms with Gasteiger partial charge in [-0.25, -0.2) is 4.39 Å². The van der Waals surface area contributed by atoms with Crippen molar-refractivity contribution in [2.75, 3.05) is 23.3 Å². The summed E-state index contributed by atoms with van der Waals surface area (Å²) in [4.78, 5) is 14.2. The van der Waals surface area contributed by atoms with E-state index in [1.165, 1.54) is 6.07 Å². The average Bonchev–Trinajstić information content (AvgIpc) is 3.03. The molecule has 140 valence electrons. The van der Waals surface area contributed by atoms with Gasteiger partial charge >= 0.3 is 0 Å². The Labute approximate surface area is 152 Å². The lowest BCUT2D eigenvalue weighted by molar-refractivity contribution is -0.00539. The predicted molar refractivity (Wildman–Crippen MR) is 99.2 cm³/mol. The van der Waals surface area contributed by atoms with Crippen LogP contribution in [0.5, 0.6) is 0 Å². The number of anilines is 2. The molecule has 0 bridgehead atoms. The first kappa shape index (κ1) is 18.4. The number of H-pyrrole nitrogens is 1. The number of rotatable bonds is 5. The smallest absolute Gasteiger partial charge is 0.276 e. The van der Waals surface area contributed by atoms with Gasteiger partial charge in [0.25, 0.3) is 5.91 Å². The minimum atomic E-state index is -0.363. The normalized spacial score (nSPS) is 20.2. The molecule has 0 saturated carbocycles. The minimum absolute atomic E-state index is 0.0505. The van der Waals surface area contributed by atoms with Crippen LogP contribution >= 0.6 is 0 Å². The second kappa shape index (κ2) is 7.86. The number of aryl methyl sites for hydroxylation is 1. The van der Waals surface area contributed by atoms with Gasteiger partial charge in [0.1, 0.15) is 5.82 Å². The fraction of sp³-hybridized carbons (Fsp3) is 0.474. The Kier molecular flexibility index (Phi) is 5.56. The SMILES string of the molecule is CCCc1cc(C(=O)Nc2ccc(N3C[C@H](C)O[C@@H](C)C3)c(F)c2)n[nH]1. The third-order valence-corrected chi connectivity index (χ3v) is 4.35. The number of nitrogens with one attached hydrogen (secondary N) is 2. The fourth-order valence-corrected chi connectivity index (χ4v) is 3.29. The zero-order valence-corrected chi connectivity index (χ0v) is 15.4. The molecule has 1 aromatic heterocycles. The molecule has 7 heteroatoms. The van der Waals surface area contributed by atoms with Crippen molar-refractivity contribution in [3.8, 4) is 0 Å². The summed E-state index contributed by atoms with van der Waals surface area (Å²) in [6.07, 6.45) is 1.90. The van der Waals surface area contributed by atoms with Gasteiger partial charge in [0.2, 0.25) is 0 Å². The van der Waals surface area contributed by atoms with E-state index in [0.29, 0.717) is 30.2 Å². The van der Waals surface area contributed by atoms with E-state index in [9.17, 15) is 9.18 Å². The van der Waals surface area contributed by atoms with Crippen molar-refractivity contribution in [1.29, 1.82) is 0 Å². The maximum absolute atomic E-state index is 14.6. The van der Waals surface area contributed by atoms with Gasteiger partial charge in [0, 0.05) is 24.5 Å². The molecular formula is C19H25FN4O2. The lowest BCUT2D eigenvalue weighted by Crippen LogP contribution is -2.45. The summed E-state index contributed by atoms with van der Waals surface area (Å²) in [5.74, 6) is -0.720. The van der Waals surface area contributed by atoms with Crippen molar-refractivity contribution in [3.63, 3.8) is 0 Å². The number of benzene rings is 1. The first-order valence-electron chi connectivity index (χ1n) is 9.02. The van der Waals surface area contributed by atoms with E-state index in [-0.39, 0.29) is 23.9 Å². The van der Waals surface area contributed by atoms with Crippen LogP contribution < -0.4 is 10.2 Å². The van der Waals surface area contributed by atoms with Gasteiger partial charge < -0.3 is 15.0 Å². The molecule has 1 saturated heterocycles. The van der Waals surface area contributed by atoms with Gasteiger partial charge in [-0.2, -0.15) is 5.10 Å². The molecule has 0 unspecified atom stereocenters. The largest absolute Gasteiger partial charge is 0.372 e. The number of carbonyl (C=O) groups excluding carboxylic acids is 1. The highest BCUT2D eigenvalue weighted by Gasteiger charge is 2.24. The van der Waals surface area contributed by atoms with Gasteiger partial charge in [-0.15, -0.1) is 0 Å². The summed E-state index contributed by atoms with van der Waals surface area (Å²) >= 11 is 0. The Morgan fingerprint density at radius 1 is 1.35 bits per heavy atom. The number of amides is 1. The molecule has 1 fully saturated rings. The van der Waals surface area contributed by atoms with E-state index in [0.717, 1.165) is 18.5 Å². The number of carbonyl (C=O) groups is 1. The summed E-state index contributed by atoms with van der Waals surface area (Å²) in [5.41, 5.74) is 2.14. The lowest BCUT2D eigenvalue weighted by Gasteiger charge is -2.37. The monoisotopic (exact) mass is 360 g/mol. The van der Waals surface area contributed by atoms with Crippen LogP contribution in [0.3, 0.4) is 0 Å². The van der Waals surface area contributed by atoms with Crippen molar-refractivity contribution in [1.82, 2.24) is 10.2 Å². The van der Waals surface area contributed by atoms with Crippen LogP contribution in [0, 0.1) is 5.82 Å². The first-order valence-corrected chi connectivity index (χ1v) is 9.02. The highest BCUT2D eigenvalue weighted by atomic mass is 19.1. The average molecular weight is 360 g/mol. The Hall–Kier alpha value is -2.41. The third-order valence-electron chi connectivity index (χ3n) is 4.35. The molecule has 26 heavy (non-hydrogen) atoms. The quantitative estimate of drug-likeness (QED) is 0.858. The highest BCUT2D eigenvalue weighted by Crippen LogP contribution is 2.26. The van der Waals surface area contributed by atoms with Crippen molar-refractivity contribution in [3.05, 3.63) is 41.5 Å². The number of nitrogens with zero attached hydrogens (tertiary/aromatic N) is 2. The number of halogens is 1. The molecule has 2 atom stereocenters. The maximum Gasteiger partial charge on any atom is 0.276 e. The standard InChI is InChI=1S/C19H25FN4O2/c1-4-5-15-9-17(23-22-15)19(25)21-14-6-7-18(16(20)8-14)24-10-12(2)26-13(3)11-24/h6-9,12-13H,4-5,10-11H2,1-3H3,(H,21,25)(H,22,23)/t12-,13-/m0/s1. The van der Waals surface area contributed by atoms with Crippen molar-refractivity contribution >= 4 is 17.3 Å². The Morgan fingerprint density at radius 3 is 2.73 bits per heavy atom. The Bertz CT molecular complexity index is 767. The molecule has 1 aromatic carbocycles. The van der Waals surface area contributed by atoms with E-state index in [2.05, 4.69) is 22.4 Å². The third kappa shape index (κ3) is 4.22. The van der Waals surface area contributed by atoms with Crippen molar-refractivity contribution < 1.29 is 13.9 Å². The lowest BCUT2D eigenvalue weighted by atomic mass is 10.1. The zero-order valence-electron chi connectivity index (χ0n) is 15.4. The number of hydrogen-bond donors (Lipinski definition) is 2. The number of aromatic amines is 1. The molecular weight excluding hydrogens is 335 g/mol. The van der Waals surface area contributed by atoms with E-state index in [1.807, 2.05) is 18.7 Å². The molecule has 1 aliphatic heterocycles. The number of ether oxygens (including phenoxy) is 1. The fourth-order valence-electron chi connectivity index (χ4n) is 3.29. The molecule has 6 nitrogen and oxygen atoms in total. The summed E-state index contributed by atoms with van der Waals surface area (Å²) in [5, 5.41) is 9.55. The first-order chi connectivity index (χ1) is 12.5. The highest BCUT2D eigenvalue weighted by molar-refractivity contribution is 6.03. The molecule has 0 spiro atoms. The van der Waals surface area contributed by atoms with Crippen LogP contribution in [-0.2, 0) is 11.2 Å². The van der Waals surface area contributed by atoms with E-state index < -0.39 is 0 Å². The van der Waals surface area contributed by atoms with Gasteiger partial charge in [-0.05, 0) is 44.5 Å². The van der Waals surface area contributed by atoms with E-state index in [1.54, 1.807) is 18.2 Å². The molecule has 1 aliphatic rings. The van der Waals surface area contributed by atoms with Crippen LogP contribution in [0.1, 0.15) is 43.4 Å². The van der Waals surface area contributed by atoms with Crippen molar-refractivity contribution in [2.24, 2.45) is 0 Å². The minimum Gasteiger partial charge on any atom is -0.372 e. The molecule has 1 amide bonds. The number of aromatic nitrogens is 2. The Balaban J connectivity index is 1.69. The van der Waals surface area contributed by atoms with Crippen LogP contribution in [-0.4, -0.2) is 41.4 Å². The molecule has 0 aliphatic carbocycles. The van der Waals surface area contributed by atoms with Gasteiger partial charge in [0.15, 0.2) is 5.69 Å². The number of hydrogen-bond acceptors (Lipinski definition) is 4. The zero-order chi connectivity index (χ0) is 18.7. The maximum atomic E-state index is 14.6. The van der Waals surface area contributed by atoms with E-state index >= 15 is 0 Å². The van der Waals surface area contributed by atoms with Crippen LogP contribution in [0.25, 0.3) is 0 Å². The second-order valence-corrected chi connectivity index (χ2v) is 6.81. The van der Waals surface area contributed by atoms with Crippen LogP contribution in [0.15, 0.2) is 24.3 Å². The summed E-state index contributed by atoms with van der Waals surface area (Å²) in [7, 11) is 0. The topological polar surface area (TPSA) is 70.2 Å². The molecule has 3 rings (SSSR count). The summed E-state index contributed by atoms with van der Waals surface area (Å²) in [6, 6.07) is 6.47. The number of morpholine rings is 1. The van der Waals surface area contributed by atoms with Gasteiger partial charge in [0.05, 0.1) is 17.9 Å². The molecule has 2 heterocycles. The molecule has 0 radical (unpaired) electrons. The molecule has 2 aromatic rings. The predicted octanol–water partition coefficient (Wildman–Crippen LogP) is 3.37. The summed E-state index contributed by atoms with van der Waals surface area (Å²) < 4.78 is 20.3. The molecule has 2 N–H and O–H groups in total. The Morgan fingerprint density at radius 2 is 2.08 bits per heavy atom. The van der Waals surface area contributed by atoms with Crippen molar-refractivity contribution in [2.45, 2.75) is 45.8 Å². The van der Waals surface area contributed by atoms with E-state index in [4.69, 9.17) is 4.74 Å².